The SMILES string of the molecule is CC(C)(C)OC(=O)Cn1nc(CN2Cc3cc(OCC4CC4)c(Cl)cc3C2=O)c2ccccc2c1=O. The minimum Gasteiger partial charge on any atom is -0.492 e. The number of ether oxygens (including phenoxy) is 2. The highest BCUT2D eigenvalue weighted by atomic mass is 35.5. The van der Waals surface area contributed by atoms with Crippen molar-refractivity contribution in [2.45, 2.75) is 58.8 Å². The number of carbonyl (C=O) groups is 2. The number of benzene rings is 2. The van der Waals surface area contributed by atoms with Gasteiger partial charge in [-0.3, -0.25) is 14.4 Å². The van der Waals surface area contributed by atoms with E-state index in [-0.39, 0.29) is 24.6 Å². The van der Waals surface area contributed by atoms with Crippen molar-refractivity contribution in [3.8, 4) is 5.75 Å². The van der Waals surface area contributed by atoms with Gasteiger partial charge in [0.15, 0.2) is 0 Å². The molecule has 1 saturated carbocycles. The van der Waals surface area contributed by atoms with Crippen molar-refractivity contribution in [1.29, 1.82) is 0 Å². The average molecular weight is 510 g/mol. The fraction of sp³-hybridized carbons (Fsp3) is 0.407. The van der Waals surface area contributed by atoms with Gasteiger partial charge < -0.3 is 14.4 Å². The second kappa shape index (κ2) is 9.24. The number of esters is 1. The van der Waals surface area contributed by atoms with Crippen molar-refractivity contribution >= 4 is 34.2 Å². The molecule has 9 heteroatoms. The Hall–Kier alpha value is -3.39. The molecule has 1 aliphatic heterocycles. The van der Waals surface area contributed by atoms with Crippen LogP contribution in [0.1, 0.15) is 55.2 Å². The molecule has 0 bridgehead atoms. The highest BCUT2D eigenvalue weighted by Crippen LogP contribution is 2.36. The molecule has 36 heavy (non-hydrogen) atoms. The van der Waals surface area contributed by atoms with E-state index < -0.39 is 11.6 Å². The van der Waals surface area contributed by atoms with E-state index in [1.807, 2.05) is 12.1 Å². The summed E-state index contributed by atoms with van der Waals surface area (Å²) in [6.45, 7) is 6.13. The molecule has 3 aromatic rings. The minimum absolute atomic E-state index is 0.165. The van der Waals surface area contributed by atoms with E-state index in [1.54, 1.807) is 49.9 Å². The third kappa shape index (κ3) is 5.09. The lowest BCUT2D eigenvalue weighted by molar-refractivity contribution is -0.155. The number of nitrogens with zero attached hydrogens (tertiary/aromatic N) is 3. The van der Waals surface area contributed by atoms with E-state index in [2.05, 4.69) is 5.10 Å². The first-order valence-corrected chi connectivity index (χ1v) is 12.4. The van der Waals surface area contributed by atoms with Crippen molar-refractivity contribution in [2.24, 2.45) is 5.92 Å². The van der Waals surface area contributed by atoms with E-state index in [0.29, 0.717) is 51.9 Å². The molecule has 1 aliphatic carbocycles. The van der Waals surface area contributed by atoms with Crippen LogP contribution in [-0.4, -0.2) is 38.8 Å². The Labute approximate surface area is 213 Å². The molecule has 1 amide bonds. The predicted octanol–water partition coefficient (Wildman–Crippen LogP) is 4.34. The first kappa shape index (κ1) is 24.3. The van der Waals surface area contributed by atoms with Gasteiger partial charge in [-0.25, -0.2) is 4.68 Å². The van der Waals surface area contributed by atoms with Crippen LogP contribution in [0.2, 0.25) is 5.02 Å². The largest absolute Gasteiger partial charge is 0.492 e. The third-order valence-corrected chi connectivity index (χ3v) is 6.49. The van der Waals surface area contributed by atoms with Crippen LogP contribution >= 0.6 is 11.6 Å². The van der Waals surface area contributed by atoms with Crippen LogP contribution in [0, 0.1) is 5.92 Å². The van der Waals surface area contributed by atoms with Gasteiger partial charge in [-0.15, -0.1) is 0 Å². The molecule has 0 unspecified atom stereocenters. The molecule has 1 fully saturated rings. The van der Waals surface area contributed by atoms with E-state index in [0.717, 1.165) is 10.2 Å². The third-order valence-electron chi connectivity index (χ3n) is 6.19. The molecule has 1 aromatic heterocycles. The number of rotatable bonds is 7. The number of carbonyl (C=O) groups excluding carboxylic acids is 2. The van der Waals surface area contributed by atoms with E-state index >= 15 is 0 Å². The summed E-state index contributed by atoms with van der Waals surface area (Å²) in [7, 11) is 0. The summed E-state index contributed by atoms with van der Waals surface area (Å²) in [6.07, 6.45) is 2.34. The summed E-state index contributed by atoms with van der Waals surface area (Å²) < 4.78 is 12.4. The number of aromatic nitrogens is 2. The molecule has 0 spiro atoms. The van der Waals surface area contributed by atoms with Gasteiger partial charge in [-0.1, -0.05) is 29.8 Å². The number of hydrogen-bond acceptors (Lipinski definition) is 6. The number of halogens is 1. The molecule has 2 heterocycles. The fourth-order valence-corrected chi connectivity index (χ4v) is 4.53. The molecule has 8 nitrogen and oxygen atoms in total. The maximum Gasteiger partial charge on any atom is 0.328 e. The topological polar surface area (TPSA) is 90.7 Å². The summed E-state index contributed by atoms with van der Waals surface area (Å²) in [4.78, 5) is 40.3. The van der Waals surface area contributed by atoms with Crippen molar-refractivity contribution in [1.82, 2.24) is 14.7 Å². The fourth-order valence-electron chi connectivity index (χ4n) is 4.31. The number of amides is 1. The maximum atomic E-state index is 13.2. The summed E-state index contributed by atoms with van der Waals surface area (Å²) in [5, 5.41) is 5.96. The summed E-state index contributed by atoms with van der Waals surface area (Å²) >= 11 is 6.41. The zero-order chi connectivity index (χ0) is 25.6. The highest BCUT2D eigenvalue weighted by Gasteiger charge is 2.31. The summed E-state index contributed by atoms with van der Waals surface area (Å²) in [5.41, 5.74) is 0.815. The zero-order valence-electron chi connectivity index (χ0n) is 20.5. The van der Waals surface area contributed by atoms with E-state index in [9.17, 15) is 14.4 Å². The van der Waals surface area contributed by atoms with Gasteiger partial charge in [0, 0.05) is 17.5 Å². The average Bonchev–Trinajstić information content (AvgIpc) is 3.59. The van der Waals surface area contributed by atoms with Crippen LogP contribution < -0.4 is 10.3 Å². The van der Waals surface area contributed by atoms with Gasteiger partial charge in [0.05, 0.1) is 29.3 Å². The second-order valence-electron chi connectivity index (χ2n) is 10.4. The molecule has 188 valence electrons. The Balaban J connectivity index is 1.42. The van der Waals surface area contributed by atoms with Gasteiger partial charge in [-0.2, -0.15) is 5.10 Å². The minimum atomic E-state index is -0.684. The second-order valence-corrected chi connectivity index (χ2v) is 10.8. The normalized spacial score (nSPS) is 15.3. The maximum absolute atomic E-state index is 13.2. The van der Waals surface area contributed by atoms with Crippen molar-refractivity contribution < 1.29 is 19.1 Å². The van der Waals surface area contributed by atoms with Gasteiger partial charge in [0.25, 0.3) is 11.5 Å². The Morgan fingerprint density at radius 2 is 1.86 bits per heavy atom. The smallest absolute Gasteiger partial charge is 0.328 e. The predicted molar refractivity (Wildman–Crippen MR) is 135 cm³/mol. The van der Waals surface area contributed by atoms with Crippen molar-refractivity contribution in [3.05, 3.63) is 68.6 Å². The Kier molecular flexibility index (Phi) is 6.24. The highest BCUT2D eigenvalue weighted by molar-refractivity contribution is 6.32. The Morgan fingerprint density at radius 1 is 1.14 bits per heavy atom. The summed E-state index contributed by atoms with van der Waals surface area (Å²) in [6, 6.07) is 10.6. The van der Waals surface area contributed by atoms with Crippen molar-refractivity contribution in [2.75, 3.05) is 6.61 Å². The van der Waals surface area contributed by atoms with Crippen molar-refractivity contribution in [3.63, 3.8) is 0 Å². The van der Waals surface area contributed by atoms with Gasteiger partial charge >= 0.3 is 5.97 Å². The van der Waals surface area contributed by atoms with Crippen LogP contribution in [0.4, 0.5) is 0 Å². The lowest BCUT2D eigenvalue weighted by atomic mass is 10.1. The molecule has 0 saturated heterocycles. The molecule has 5 rings (SSSR count). The molecule has 0 N–H and O–H groups in total. The van der Waals surface area contributed by atoms with Gasteiger partial charge in [-0.05, 0) is 63.3 Å². The molecule has 2 aromatic carbocycles. The number of hydrogen-bond donors (Lipinski definition) is 0. The van der Waals surface area contributed by atoms with Crippen LogP contribution in [0.15, 0.2) is 41.2 Å². The molecule has 0 radical (unpaired) electrons. The molecule has 0 atom stereocenters. The first-order chi connectivity index (χ1) is 17.1. The van der Waals surface area contributed by atoms with Crippen LogP contribution in [0.3, 0.4) is 0 Å². The molecular formula is C27H28ClN3O5. The monoisotopic (exact) mass is 509 g/mol. The number of fused-ring (bicyclic) bond motifs is 2. The zero-order valence-corrected chi connectivity index (χ0v) is 21.3. The molecular weight excluding hydrogens is 482 g/mol. The standard InChI is InChI=1S/C27H28ClN3O5/c1-27(2,3)36-24(32)14-31-26(34)19-7-5-4-6-18(19)22(29-31)13-30-12-17-10-23(35-15-16-8-9-16)21(28)11-20(17)25(30)33/h4-7,10-11,16H,8-9,12-15H2,1-3H3. The van der Waals surface area contributed by atoms with Crippen LogP contribution in [0.5, 0.6) is 5.75 Å². The lowest BCUT2D eigenvalue weighted by Crippen LogP contribution is -2.33. The lowest BCUT2D eigenvalue weighted by Gasteiger charge is -2.20. The Bertz CT molecular complexity index is 1420. The Morgan fingerprint density at radius 3 is 2.56 bits per heavy atom. The van der Waals surface area contributed by atoms with E-state index in [1.165, 1.54) is 12.8 Å². The molecule has 2 aliphatic rings. The van der Waals surface area contributed by atoms with E-state index in [4.69, 9.17) is 21.1 Å². The van der Waals surface area contributed by atoms with Gasteiger partial charge in [0.2, 0.25) is 0 Å². The quantitative estimate of drug-likeness (QED) is 0.440. The van der Waals surface area contributed by atoms with Crippen LogP contribution in [-0.2, 0) is 29.2 Å². The first-order valence-electron chi connectivity index (χ1n) is 12.0. The summed E-state index contributed by atoms with van der Waals surface area (Å²) in [5.74, 6) is 0.447. The van der Waals surface area contributed by atoms with Gasteiger partial charge in [0.1, 0.15) is 17.9 Å². The van der Waals surface area contributed by atoms with Crippen LogP contribution in [0.25, 0.3) is 10.8 Å².